The molecule has 2 aliphatic rings. The highest BCUT2D eigenvalue weighted by molar-refractivity contribution is 6.06. The Morgan fingerprint density at radius 1 is 1.13 bits per heavy atom. The number of carboxylic acids is 1. The molecule has 2 amide bonds. The highest BCUT2D eigenvalue weighted by Gasteiger charge is 2.56. The van der Waals surface area contributed by atoms with Crippen LogP contribution in [0.4, 0.5) is 5.69 Å². The van der Waals surface area contributed by atoms with E-state index in [4.69, 9.17) is 0 Å². The predicted octanol–water partition coefficient (Wildman–Crippen LogP) is 2.27. The highest BCUT2D eigenvalue weighted by atomic mass is 16.4. The van der Waals surface area contributed by atoms with Crippen LogP contribution in [-0.4, -0.2) is 45.0 Å². The summed E-state index contributed by atoms with van der Waals surface area (Å²) in [7, 11) is 0. The monoisotopic (exact) mass is 406 g/mol. The molecule has 0 radical (unpaired) electrons. The lowest BCUT2D eigenvalue weighted by atomic mass is 9.82. The third-order valence-corrected chi connectivity index (χ3v) is 5.66. The Balaban J connectivity index is 1.50. The smallest absolute Gasteiger partial charge is 0.352 e. The normalized spacial score (nSPS) is 21.1. The average Bonchev–Trinajstić information content (AvgIpc) is 3.04. The topological polar surface area (TPSA) is 107 Å². The van der Waals surface area contributed by atoms with E-state index in [2.05, 4.69) is 5.32 Å². The van der Waals surface area contributed by atoms with Crippen LogP contribution in [0.15, 0.2) is 60.3 Å². The number of carboxylic acid groups (broad SMARTS) is 1. The second-order valence-electron chi connectivity index (χ2n) is 7.67. The van der Waals surface area contributed by atoms with Crippen LogP contribution < -0.4 is 5.32 Å². The SMILES string of the molecule is C[C@@H](O)[C@H]1C(=O)N2C(C(=O)O)=C(c3ccc(CC(=O)Nc4ccccc4)cc3)C[C@H]12. The van der Waals surface area contributed by atoms with Crippen molar-refractivity contribution < 1.29 is 24.6 Å². The van der Waals surface area contributed by atoms with Crippen LogP contribution in [0.25, 0.3) is 5.57 Å². The van der Waals surface area contributed by atoms with Gasteiger partial charge in [-0.1, -0.05) is 42.5 Å². The fourth-order valence-electron chi connectivity index (χ4n) is 4.26. The van der Waals surface area contributed by atoms with Crippen LogP contribution in [0.5, 0.6) is 0 Å². The number of fused-ring (bicyclic) bond motifs is 1. The van der Waals surface area contributed by atoms with E-state index >= 15 is 0 Å². The number of aliphatic carboxylic acids is 1. The van der Waals surface area contributed by atoms with Crippen molar-refractivity contribution in [1.29, 1.82) is 0 Å². The molecule has 0 bridgehead atoms. The number of nitrogens with zero attached hydrogens (tertiary/aromatic N) is 1. The molecule has 1 saturated heterocycles. The summed E-state index contributed by atoms with van der Waals surface area (Å²) in [5, 5.41) is 22.3. The minimum absolute atomic E-state index is 0.0172. The van der Waals surface area contributed by atoms with E-state index in [1.165, 1.54) is 4.90 Å². The zero-order chi connectivity index (χ0) is 21.4. The Morgan fingerprint density at radius 2 is 1.80 bits per heavy atom. The Labute approximate surface area is 173 Å². The van der Waals surface area contributed by atoms with Gasteiger partial charge in [0.1, 0.15) is 5.70 Å². The van der Waals surface area contributed by atoms with Gasteiger partial charge < -0.3 is 20.4 Å². The lowest BCUT2D eigenvalue weighted by Crippen LogP contribution is -2.61. The molecule has 3 N–H and O–H groups in total. The Morgan fingerprint density at radius 3 is 2.40 bits per heavy atom. The van der Waals surface area contributed by atoms with Gasteiger partial charge in [-0.15, -0.1) is 0 Å². The van der Waals surface area contributed by atoms with Gasteiger partial charge in [-0.05, 0) is 42.2 Å². The molecule has 0 unspecified atom stereocenters. The lowest BCUT2D eigenvalue weighted by Gasteiger charge is -2.44. The number of nitrogens with one attached hydrogen (secondary N) is 1. The summed E-state index contributed by atoms with van der Waals surface area (Å²) in [5.74, 6) is -2.22. The van der Waals surface area contributed by atoms with E-state index < -0.39 is 18.0 Å². The first kappa shape index (κ1) is 19.8. The number of amides is 2. The first-order chi connectivity index (χ1) is 14.4. The summed E-state index contributed by atoms with van der Waals surface area (Å²) in [6.07, 6.45) is -0.243. The molecule has 3 atom stereocenters. The first-order valence-corrected chi connectivity index (χ1v) is 9.78. The lowest BCUT2D eigenvalue weighted by molar-refractivity contribution is -0.161. The van der Waals surface area contributed by atoms with E-state index in [0.717, 1.165) is 11.3 Å². The summed E-state index contributed by atoms with van der Waals surface area (Å²) < 4.78 is 0. The second kappa shape index (κ2) is 7.76. The number of rotatable bonds is 6. The summed E-state index contributed by atoms with van der Waals surface area (Å²) in [6.45, 7) is 1.55. The fourth-order valence-corrected chi connectivity index (χ4v) is 4.26. The maximum Gasteiger partial charge on any atom is 0.352 e. The molecule has 0 aliphatic carbocycles. The molecule has 2 aromatic rings. The largest absolute Gasteiger partial charge is 0.477 e. The van der Waals surface area contributed by atoms with E-state index in [1.807, 2.05) is 30.3 Å². The molecular formula is C23H22N2O5. The Bertz CT molecular complexity index is 1030. The van der Waals surface area contributed by atoms with Crippen LogP contribution in [-0.2, 0) is 20.8 Å². The molecule has 7 heteroatoms. The first-order valence-electron chi connectivity index (χ1n) is 9.78. The minimum Gasteiger partial charge on any atom is -0.477 e. The molecule has 30 heavy (non-hydrogen) atoms. The van der Waals surface area contributed by atoms with Crippen molar-refractivity contribution in [3.63, 3.8) is 0 Å². The molecular weight excluding hydrogens is 384 g/mol. The van der Waals surface area contributed by atoms with Crippen molar-refractivity contribution in [2.45, 2.75) is 31.9 Å². The van der Waals surface area contributed by atoms with Crippen molar-refractivity contribution in [2.75, 3.05) is 5.32 Å². The van der Waals surface area contributed by atoms with Gasteiger partial charge in [0.05, 0.1) is 24.5 Å². The summed E-state index contributed by atoms with van der Waals surface area (Å²) in [4.78, 5) is 37.7. The van der Waals surface area contributed by atoms with Gasteiger partial charge in [-0.3, -0.25) is 9.59 Å². The Hall–Kier alpha value is -3.45. The number of benzene rings is 2. The average molecular weight is 406 g/mol. The fraction of sp³-hybridized carbons (Fsp3) is 0.261. The van der Waals surface area contributed by atoms with Crippen molar-refractivity contribution in [2.24, 2.45) is 5.92 Å². The van der Waals surface area contributed by atoms with Gasteiger partial charge in [0.25, 0.3) is 0 Å². The van der Waals surface area contributed by atoms with Gasteiger partial charge >= 0.3 is 5.97 Å². The van der Waals surface area contributed by atoms with Crippen molar-refractivity contribution in [1.82, 2.24) is 4.90 Å². The van der Waals surface area contributed by atoms with Gasteiger partial charge in [-0.2, -0.15) is 0 Å². The number of hydrogen-bond donors (Lipinski definition) is 3. The molecule has 0 spiro atoms. The maximum atomic E-state index is 12.3. The standard InChI is InChI=1S/C23H22N2O5/c1-13(26)20-18-12-17(21(23(29)30)25(18)22(20)28)15-9-7-14(8-10-15)11-19(27)24-16-5-3-2-4-6-16/h2-10,13,18,20,26H,11-12H2,1H3,(H,24,27)(H,29,30)/t13-,18-,20-/m1/s1. The van der Waals surface area contributed by atoms with E-state index in [1.54, 1.807) is 31.2 Å². The van der Waals surface area contributed by atoms with Crippen LogP contribution >= 0.6 is 0 Å². The number of para-hydroxylation sites is 1. The number of aliphatic hydroxyl groups is 1. The zero-order valence-electron chi connectivity index (χ0n) is 16.4. The molecule has 1 fully saturated rings. The Kier molecular flexibility index (Phi) is 5.13. The van der Waals surface area contributed by atoms with Crippen LogP contribution in [0.3, 0.4) is 0 Å². The van der Waals surface area contributed by atoms with Gasteiger partial charge in [0.15, 0.2) is 0 Å². The summed E-state index contributed by atoms with van der Waals surface area (Å²) in [6, 6.07) is 16.0. The number of aliphatic hydroxyl groups excluding tert-OH is 1. The van der Waals surface area contributed by atoms with Gasteiger partial charge in [0.2, 0.25) is 11.8 Å². The van der Waals surface area contributed by atoms with Gasteiger partial charge in [0, 0.05) is 5.69 Å². The maximum absolute atomic E-state index is 12.3. The van der Waals surface area contributed by atoms with Crippen LogP contribution in [0, 0.1) is 5.92 Å². The zero-order valence-corrected chi connectivity index (χ0v) is 16.4. The summed E-state index contributed by atoms with van der Waals surface area (Å²) in [5.41, 5.74) is 2.78. The van der Waals surface area contributed by atoms with Crippen molar-refractivity contribution in [3.8, 4) is 0 Å². The van der Waals surface area contributed by atoms with E-state index in [-0.39, 0.29) is 30.0 Å². The van der Waals surface area contributed by atoms with Crippen LogP contribution in [0.1, 0.15) is 24.5 Å². The quantitative estimate of drug-likeness (QED) is 0.638. The number of carbonyl (C=O) groups excluding carboxylic acids is 2. The predicted molar refractivity (Wildman–Crippen MR) is 110 cm³/mol. The number of carbonyl (C=O) groups is 3. The van der Waals surface area contributed by atoms with Crippen molar-refractivity contribution >= 4 is 29.0 Å². The van der Waals surface area contributed by atoms with Crippen molar-refractivity contribution in [3.05, 3.63) is 71.4 Å². The number of anilines is 1. The molecule has 2 aromatic carbocycles. The molecule has 2 heterocycles. The number of β-lactam (4-membered cyclic amide) rings is 1. The molecule has 154 valence electrons. The van der Waals surface area contributed by atoms with Crippen LogP contribution in [0.2, 0.25) is 0 Å². The molecule has 4 rings (SSSR count). The second-order valence-corrected chi connectivity index (χ2v) is 7.67. The van der Waals surface area contributed by atoms with E-state index in [0.29, 0.717) is 17.6 Å². The summed E-state index contributed by atoms with van der Waals surface area (Å²) >= 11 is 0. The van der Waals surface area contributed by atoms with Gasteiger partial charge in [-0.25, -0.2) is 4.79 Å². The molecule has 7 nitrogen and oxygen atoms in total. The third kappa shape index (κ3) is 3.48. The minimum atomic E-state index is -1.16. The number of hydrogen-bond acceptors (Lipinski definition) is 4. The highest BCUT2D eigenvalue weighted by Crippen LogP contribution is 2.46. The molecule has 0 aromatic heterocycles. The third-order valence-electron chi connectivity index (χ3n) is 5.66. The van der Waals surface area contributed by atoms with E-state index in [9.17, 15) is 24.6 Å². The molecule has 2 aliphatic heterocycles. The molecule has 0 saturated carbocycles.